The average Bonchev–Trinajstić information content (AvgIpc) is 2.42. The SMILES string of the molecule is CCCCCCCC(NCCC)c1cccc(F)c1. The Hall–Kier alpha value is -0.890. The quantitative estimate of drug-likeness (QED) is 0.571. The Morgan fingerprint density at radius 1 is 1.05 bits per heavy atom. The highest BCUT2D eigenvalue weighted by molar-refractivity contribution is 5.20. The fourth-order valence-electron chi connectivity index (χ4n) is 2.38. The van der Waals surface area contributed by atoms with Gasteiger partial charge < -0.3 is 5.32 Å². The third-order valence-corrected chi connectivity index (χ3v) is 3.49. The Kier molecular flexibility index (Phi) is 8.48. The van der Waals surface area contributed by atoms with Gasteiger partial charge >= 0.3 is 0 Å². The molecule has 1 rings (SSSR count). The van der Waals surface area contributed by atoms with Gasteiger partial charge in [-0.05, 0) is 37.1 Å². The fourth-order valence-corrected chi connectivity index (χ4v) is 2.38. The van der Waals surface area contributed by atoms with E-state index in [-0.39, 0.29) is 5.82 Å². The van der Waals surface area contributed by atoms with Crippen molar-refractivity contribution in [1.29, 1.82) is 0 Å². The molecule has 1 unspecified atom stereocenters. The van der Waals surface area contributed by atoms with Crippen molar-refractivity contribution in [3.8, 4) is 0 Å². The maximum absolute atomic E-state index is 13.3. The molecule has 0 saturated carbocycles. The van der Waals surface area contributed by atoms with Crippen LogP contribution in [0.5, 0.6) is 0 Å². The van der Waals surface area contributed by atoms with Crippen LogP contribution in [-0.2, 0) is 0 Å². The van der Waals surface area contributed by atoms with Gasteiger partial charge in [0.1, 0.15) is 5.82 Å². The summed E-state index contributed by atoms with van der Waals surface area (Å²) < 4.78 is 13.3. The Morgan fingerprint density at radius 2 is 1.84 bits per heavy atom. The second kappa shape index (κ2) is 9.96. The number of hydrogen-bond acceptors (Lipinski definition) is 1. The van der Waals surface area contributed by atoms with Crippen LogP contribution in [0, 0.1) is 5.82 Å². The first-order chi connectivity index (χ1) is 9.27. The maximum atomic E-state index is 13.3. The molecule has 0 bridgehead atoms. The van der Waals surface area contributed by atoms with Gasteiger partial charge in [0.05, 0.1) is 0 Å². The maximum Gasteiger partial charge on any atom is 0.123 e. The van der Waals surface area contributed by atoms with Crippen molar-refractivity contribution in [3.05, 3.63) is 35.6 Å². The van der Waals surface area contributed by atoms with Gasteiger partial charge in [0.15, 0.2) is 0 Å². The monoisotopic (exact) mass is 265 g/mol. The van der Waals surface area contributed by atoms with Crippen LogP contribution in [0.25, 0.3) is 0 Å². The van der Waals surface area contributed by atoms with Crippen LogP contribution in [0.2, 0.25) is 0 Å². The summed E-state index contributed by atoms with van der Waals surface area (Å²) in [4.78, 5) is 0. The third-order valence-electron chi connectivity index (χ3n) is 3.49. The van der Waals surface area contributed by atoms with Crippen molar-refractivity contribution in [1.82, 2.24) is 5.32 Å². The van der Waals surface area contributed by atoms with E-state index in [4.69, 9.17) is 0 Å². The molecule has 2 heteroatoms. The van der Waals surface area contributed by atoms with E-state index in [1.165, 1.54) is 38.2 Å². The van der Waals surface area contributed by atoms with E-state index in [0.717, 1.165) is 24.9 Å². The number of nitrogens with one attached hydrogen (secondary N) is 1. The summed E-state index contributed by atoms with van der Waals surface area (Å²) in [6.45, 7) is 5.39. The van der Waals surface area contributed by atoms with E-state index < -0.39 is 0 Å². The van der Waals surface area contributed by atoms with E-state index in [2.05, 4.69) is 19.2 Å². The third kappa shape index (κ3) is 6.72. The highest BCUT2D eigenvalue weighted by atomic mass is 19.1. The molecule has 108 valence electrons. The second-order valence-electron chi connectivity index (χ2n) is 5.26. The molecule has 0 fully saturated rings. The van der Waals surface area contributed by atoms with Gasteiger partial charge in [-0.3, -0.25) is 0 Å². The topological polar surface area (TPSA) is 12.0 Å². The lowest BCUT2D eigenvalue weighted by atomic mass is 9.99. The van der Waals surface area contributed by atoms with Crippen molar-refractivity contribution < 1.29 is 4.39 Å². The van der Waals surface area contributed by atoms with Gasteiger partial charge in [-0.2, -0.15) is 0 Å². The number of hydrogen-bond donors (Lipinski definition) is 1. The summed E-state index contributed by atoms with van der Waals surface area (Å²) in [7, 11) is 0. The van der Waals surface area contributed by atoms with Crippen LogP contribution in [0.15, 0.2) is 24.3 Å². The van der Waals surface area contributed by atoms with Gasteiger partial charge in [0, 0.05) is 6.04 Å². The van der Waals surface area contributed by atoms with Crippen molar-refractivity contribution in [2.24, 2.45) is 0 Å². The lowest BCUT2D eigenvalue weighted by molar-refractivity contribution is 0.466. The van der Waals surface area contributed by atoms with Gasteiger partial charge in [0.25, 0.3) is 0 Å². The van der Waals surface area contributed by atoms with E-state index in [1.54, 1.807) is 6.07 Å². The van der Waals surface area contributed by atoms with Crippen LogP contribution in [0.1, 0.15) is 70.4 Å². The normalized spacial score (nSPS) is 12.6. The molecule has 1 atom stereocenters. The molecule has 1 N–H and O–H groups in total. The molecule has 19 heavy (non-hydrogen) atoms. The lowest BCUT2D eigenvalue weighted by Gasteiger charge is -2.19. The highest BCUT2D eigenvalue weighted by Crippen LogP contribution is 2.21. The molecular weight excluding hydrogens is 237 g/mol. The van der Waals surface area contributed by atoms with Gasteiger partial charge in [0.2, 0.25) is 0 Å². The summed E-state index contributed by atoms with van der Waals surface area (Å²) in [5.41, 5.74) is 1.09. The molecular formula is C17H28FN. The lowest BCUT2D eigenvalue weighted by Crippen LogP contribution is -2.22. The molecule has 1 aromatic rings. The molecule has 0 spiro atoms. The number of unbranched alkanes of at least 4 members (excludes halogenated alkanes) is 4. The van der Waals surface area contributed by atoms with Gasteiger partial charge in [-0.1, -0.05) is 58.1 Å². The van der Waals surface area contributed by atoms with Crippen molar-refractivity contribution in [3.63, 3.8) is 0 Å². The molecule has 0 aliphatic heterocycles. The first-order valence-corrected chi connectivity index (χ1v) is 7.76. The van der Waals surface area contributed by atoms with Crippen LogP contribution in [0.4, 0.5) is 4.39 Å². The number of benzene rings is 1. The largest absolute Gasteiger partial charge is 0.310 e. The zero-order valence-corrected chi connectivity index (χ0v) is 12.4. The first-order valence-electron chi connectivity index (χ1n) is 7.76. The summed E-state index contributed by atoms with van der Waals surface area (Å²) in [5, 5.41) is 3.54. The van der Waals surface area contributed by atoms with Crippen LogP contribution >= 0.6 is 0 Å². The zero-order valence-electron chi connectivity index (χ0n) is 12.4. The summed E-state index contributed by atoms with van der Waals surface area (Å²) >= 11 is 0. The smallest absolute Gasteiger partial charge is 0.123 e. The van der Waals surface area contributed by atoms with Crippen LogP contribution in [-0.4, -0.2) is 6.54 Å². The van der Waals surface area contributed by atoms with Crippen LogP contribution in [0.3, 0.4) is 0 Å². The predicted octanol–water partition coefficient (Wildman–Crippen LogP) is 5.23. The fraction of sp³-hybridized carbons (Fsp3) is 0.647. The van der Waals surface area contributed by atoms with Gasteiger partial charge in [-0.15, -0.1) is 0 Å². The minimum atomic E-state index is -0.133. The van der Waals surface area contributed by atoms with E-state index in [0.29, 0.717) is 6.04 Å². The predicted molar refractivity (Wildman–Crippen MR) is 80.8 cm³/mol. The summed E-state index contributed by atoms with van der Waals surface area (Å²) in [5.74, 6) is -0.133. The van der Waals surface area contributed by atoms with E-state index in [9.17, 15) is 4.39 Å². The molecule has 0 amide bonds. The molecule has 0 aliphatic carbocycles. The van der Waals surface area contributed by atoms with Crippen LogP contribution < -0.4 is 5.32 Å². The number of halogens is 1. The number of rotatable bonds is 10. The molecule has 0 aromatic heterocycles. The molecule has 0 heterocycles. The Morgan fingerprint density at radius 3 is 2.53 bits per heavy atom. The van der Waals surface area contributed by atoms with Gasteiger partial charge in [-0.25, -0.2) is 4.39 Å². The Labute approximate surface area is 117 Å². The molecule has 0 radical (unpaired) electrons. The highest BCUT2D eigenvalue weighted by Gasteiger charge is 2.10. The molecule has 1 nitrogen and oxygen atoms in total. The minimum Gasteiger partial charge on any atom is -0.310 e. The van der Waals surface area contributed by atoms with Crippen molar-refractivity contribution in [2.45, 2.75) is 64.8 Å². The summed E-state index contributed by atoms with van der Waals surface area (Å²) in [6, 6.07) is 7.32. The molecule has 1 aromatic carbocycles. The molecule has 0 aliphatic rings. The van der Waals surface area contributed by atoms with Crippen molar-refractivity contribution >= 4 is 0 Å². The van der Waals surface area contributed by atoms with Crippen molar-refractivity contribution in [2.75, 3.05) is 6.54 Å². The zero-order chi connectivity index (χ0) is 13.9. The molecule has 0 saturated heterocycles. The van der Waals surface area contributed by atoms with E-state index in [1.807, 2.05) is 12.1 Å². The average molecular weight is 265 g/mol. The Bertz CT molecular complexity index is 338. The first kappa shape index (κ1) is 16.2. The van der Waals surface area contributed by atoms with E-state index >= 15 is 0 Å². The minimum absolute atomic E-state index is 0.133. The standard InChI is InChI=1S/C17H28FN/c1-3-5-6-7-8-12-17(19-13-4-2)15-10-9-11-16(18)14-15/h9-11,14,17,19H,3-8,12-13H2,1-2H3. The summed E-state index contributed by atoms with van der Waals surface area (Å²) in [6.07, 6.45) is 8.65. The second-order valence-corrected chi connectivity index (χ2v) is 5.26. The Balaban J connectivity index is 2.47.